The fourth-order valence-corrected chi connectivity index (χ4v) is 5.23. The molecule has 3 unspecified atom stereocenters. The van der Waals surface area contributed by atoms with Crippen molar-refractivity contribution in [3.63, 3.8) is 0 Å². The Morgan fingerprint density at radius 2 is 1.22 bits per heavy atom. The molecule has 0 heterocycles. The number of aliphatic carboxylic acids is 2. The third-order valence-corrected chi connectivity index (χ3v) is 7.72. The number of amides is 3. The van der Waals surface area contributed by atoms with Crippen molar-refractivity contribution in [3.05, 3.63) is 86.3 Å². The first-order valence-electron chi connectivity index (χ1n) is 17.3. The Bertz CT molecular complexity index is 1670. The molecule has 3 amide bonds. The Balaban J connectivity index is 1.99. The molecular weight excluding hydrogens is 706 g/mol. The second-order valence-electron chi connectivity index (χ2n) is 14.4. The van der Waals surface area contributed by atoms with Crippen molar-refractivity contribution in [3.8, 4) is 0 Å². The Morgan fingerprint density at radius 1 is 0.741 bits per heavy atom. The fourth-order valence-electron chi connectivity index (χ4n) is 5.23. The summed E-state index contributed by atoms with van der Waals surface area (Å²) >= 11 is 0. The van der Waals surface area contributed by atoms with Gasteiger partial charge in [-0.05, 0) is 60.4 Å². The number of anilines is 2. The normalized spacial score (nSPS) is 13.2. The van der Waals surface area contributed by atoms with Crippen molar-refractivity contribution in [2.24, 2.45) is 11.3 Å². The number of nitrogens with zero attached hydrogens (tertiary/aromatic N) is 2. The average molecular weight is 756 g/mol. The second kappa shape index (κ2) is 20.8. The number of carboxylic acids is 2. The molecule has 54 heavy (non-hydrogen) atoms. The lowest BCUT2D eigenvalue weighted by Gasteiger charge is -2.23. The molecule has 2 aromatic rings. The molecule has 0 saturated carbocycles. The van der Waals surface area contributed by atoms with Gasteiger partial charge >= 0.3 is 11.9 Å². The van der Waals surface area contributed by atoms with Gasteiger partial charge in [0.1, 0.15) is 18.1 Å². The topological polar surface area (TPSA) is 272 Å². The molecule has 0 saturated heterocycles. The summed E-state index contributed by atoms with van der Waals surface area (Å²) < 4.78 is 0. The first kappa shape index (κ1) is 44.1. The van der Waals surface area contributed by atoms with Gasteiger partial charge in [-0.25, -0.2) is 9.59 Å². The zero-order valence-corrected chi connectivity index (χ0v) is 30.9. The monoisotopic (exact) mass is 755 g/mol. The minimum absolute atomic E-state index is 0.00591. The van der Waals surface area contributed by atoms with Gasteiger partial charge in [-0.3, -0.25) is 34.6 Å². The van der Waals surface area contributed by atoms with Crippen LogP contribution in [0.2, 0.25) is 0 Å². The Hall–Kier alpha value is -6.07. The largest absolute Gasteiger partial charge is 0.480 e. The Labute approximate surface area is 312 Å². The molecule has 3 atom stereocenters. The lowest BCUT2D eigenvalue weighted by Crippen LogP contribution is -2.52. The Kier molecular flexibility index (Phi) is 17.0. The third-order valence-electron chi connectivity index (χ3n) is 7.72. The number of nitro groups is 2. The van der Waals surface area contributed by atoms with Crippen LogP contribution in [-0.4, -0.2) is 67.8 Å². The van der Waals surface area contributed by atoms with Gasteiger partial charge in [0.2, 0.25) is 17.7 Å². The second-order valence-corrected chi connectivity index (χ2v) is 14.4. The molecule has 2 rings (SSSR count). The number of benzene rings is 2. The van der Waals surface area contributed by atoms with Crippen molar-refractivity contribution in [1.82, 2.24) is 16.0 Å². The highest BCUT2D eigenvalue weighted by molar-refractivity contribution is 5.91. The van der Waals surface area contributed by atoms with E-state index in [1.54, 1.807) is 24.3 Å². The van der Waals surface area contributed by atoms with Crippen molar-refractivity contribution >= 4 is 46.7 Å². The van der Waals surface area contributed by atoms with Gasteiger partial charge in [0.05, 0.1) is 16.3 Å². The van der Waals surface area contributed by atoms with Gasteiger partial charge in [0, 0.05) is 29.9 Å². The van der Waals surface area contributed by atoms with E-state index in [-0.39, 0.29) is 67.8 Å². The van der Waals surface area contributed by atoms with Crippen molar-refractivity contribution < 1.29 is 44.0 Å². The van der Waals surface area contributed by atoms with Crippen LogP contribution in [0.4, 0.5) is 17.1 Å². The number of carboxylic acid groups (broad SMARTS) is 2. The molecule has 0 aliphatic rings. The maximum atomic E-state index is 13.2. The minimum atomic E-state index is -1.30. The number of nitrogens with one attached hydrogen (secondary N) is 5. The highest BCUT2D eigenvalue weighted by atomic mass is 16.6. The van der Waals surface area contributed by atoms with E-state index in [9.17, 15) is 54.4 Å². The third kappa shape index (κ3) is 17.0. The summed E-state index contributed by atoms with van der Waals surface area (Å²) in [6.07, 6.45) is 1.49. The quantitative estimate of drug-likeness (QED) is 0.0499. The highest BCUT2D eigenvalue weighted by Crippen LogP contribution is 2.20. The maximum absolute atomic E-state index is 13.2. The van der Waals surface area contributed by atoms with Gasteiger partial charge in [0.15, 0.2) is 5.82 Å². The van der Waals surface area contributed by atoms with Crippen LogP contribution in [0.3, 0.4) is 0 Å². The molecule has 0 aromatic heterocycles. The lowest BCUT2D eigenvalue weighted by molar-refractivity contribution is -0.403. The van der Waals surface area contributed by atoms with Crippen molar-refractivity contribution in [1.29, 1.82) is 0 Å². The predicted octanol–water partition coefficient (Wildman–Crippen LogP) is 4.40. The summed E-state index contributed by atoms with van der Waals surface area (Å²) in [5.74, 6) is -4.17. The van der Waals surface area contributed by atoms with Gasteiger partial charge in [0.25, 0.3) is 11.9 Å². The van der Waals surface area contributed by atoms with Crippen molar-refractivity contribution in [2.45, 2.75) is 97.7 Å². The molecule has 18 heteroatoms. The Morgan fingerprint density at radius 3 is 1.67 bits per heavy atom. The number of unbranched alkanes of at least 4 members (excludes halogenated alkanes) is 1. The van der Waals surface area contributed by atoms with Crippen LogP contribution in [0.5, 0.6) is 0 Å². The summed E-state index contributed by atoms with van der Waals surface area (Å²) in [4.78, 5) is 83.0. The zero-order valence-electron chi connectivity index (χ0n) is 30.9. The number of rotatable bonds is 22. The predicted molar refractivity (Wildman–Crippen MR) is 199 cm³/mol. The first-order chi connectivity index (χ1) is 25.2. The zero-order chi connectivity index (χ0) is 40.6. The van der Waals surface area contributed by atoms with Crippen LogP contribution in [-0.2, 0) is 30.4 Å². The molecule has 0 aliphatic carbocycles. The summed E-state index contributed by atoms with van der Waals surface area (Å²) in [5, 5.41) is 54.7. The summed E-state index contributed by atoms with van der Waals surface area (Å²) in [7, 11) is 0. The van der Waals surface area contributed by atoms with Crippen LogP contribution in [0.25, 0.3) is 0 Å². The molecule has 0 fully saturated rings. The fraction of sp³-hybridized carbons (Fsp3) is 0.472. The number of carbonyl (C=O) groups is 5. The number of carbonyl (C=O) groups excluding carboxylic acids is 3. The molecule has 0 radical (unpaired) electrons. The number of hydrogen-bond donors (Lipinski definition) is 7. The standard InChI is InChI=1S/C36H49N7O11/c1-22(2)18-29(33(46)41-28(35(49)50)9-7-6-8-27(34(47)48)39-32(45)20-36(3,4)5)40-31(44)19-23-10-12-24(13-11-23)37-30(21-42(51)52)38-25-14-16-26(17-15-25)43(53)54/h10-17,21-22,27-29,37-38H,6-9,18-20H2,1-5H3,(H,39,45)(H,40,44)(H,41,46)(H,47,48)(H,49,50)/b30-21-. The smallest absolute Gasteiger partial charge is 0.326 e. The van der Waals surface area contributed by atoms with E-state index in [1.165, 1.54) is 24.3 Å². The maximum Gasteiger partial charge on any atom is 0.326 e. The number of nitro benzene ring substituents is 1. The van der Waals surface area contributed by atoms with Gasteiger partial charge < -0.3 is 36.8 Å². The molecular formula is C36H49N7O11. The van der Waals surface area contributed by atoms with Crippen LogP contribution in [0.15, 0.2) is 60.6 Å². The summed E-state index contributed by atoms with van der Waals surface area (Å²) in [6, 6.07) is 8.13. The van der Waals surface area contributed by atoms with Crippen LogP contribution in [0, 0.1) is 31.6 Å². The molecule has 0 spiro atoms. The van der Waals surface area contributed by atoms with Crippen LogP contribution >= 0.6 is 0 Å². The molecule has 7 N–H and O–H groups in total. The van der Waals surface area contributed by atoms with E-state index in [0.717, 1.165) is 0 Å². The van der Waals surface area contributed by atoms with E-state index in [2.05, 4.69) is 26.6 Å². The highest BCUT2D eigenvalue weighted by Gasteiger charge is 2.28. The molecule has 2 aromatic carbocycles. The van der Waals surface area contributed by atoms with Gasteiger partial charge in [-0.15, -0.1) is 0 Å². The van der Waals surface area contributed by atoms with Crippen LogP contribution < -0.4 is 26.6 Å². The van der Waals surface area contributed by atoms with E-state index >= 15 is 0 Å². The van der Waals surface area contributed by atoms with Gasteiger partial charge in [-0.1, -0.05) is 59.6 Å². The van der Waals surface area contributed by atoms with Crippen LogP contribution in [0.1, 0.15) is 78.7 Å². The van der Waals surface area contributed by atoms with Crippen molar-refractivity contribution in [2.75, 3.05) is 10.6 Å². The van der Waals surface area contributed by atoms with E-state index < -0.39 is 57.6 Å². The van der Waals surface area contributed by atoms with E-state index in [0.29, 0.717) is 23.1 Å². The SMILES string of the molecule is CC(C)CC(NC(=O)Cc1ccc(N/C(=C/[N+](=O)[O-])Nc2ccc([N+](=O)[O-])cc2)cc1)C(=O)NC(CCCCC(NC(=O)CC(C)(C)C)C(=O)O)C(=O)O. The van der Waals surface area contributed by atoms with E-state index in [1.807, 2.05) is 34.6 Å². The molecule has 0 bridgehead atoms. The summed E-state index contributed by atoms with van der Waals surface area (Å²) in [6.45, 7) is 9.23. The average Bonchev–Trinajstić information content (AvgIpc) is 3.04. The molecule has 18 nitrogen and oxygen atoms in total. The minimum Gasteiger partial charge on any atom is -0.480 e. The summed E-state index contributed by atoms with van der Waals surface area (Å²) in [5.41, 5.74) is 0.838. The van der Waals surface area contributed by atoms with E-state index in [4.69, 9.17) is 0 Å². The number of hydrogen-bond acceptors (Lipinski definition) is 11. The molecule has 294 valence electrons. The molecule has 0 aliphatic heterocycles. The van der Waals surface area contributed by atoms with Gasteiger partial charge in [-0.2, -0.15) is 0 Å². The first-order valence-corrected chi connectivity index (χ1v) is 17.3. The number of non-ortho nitro benzene ring substituents is 1. The lowest BCUT2D eigenvalue weighted by atomic mass is 9.91.